The molecule has 1 rings (SSSR count). The van der Waals surface area contributed by atoms with Crippen molar-refractivity contribution in [3.8, 4) is 0 Å². The van der Waals surface area contributed by atoms with Crippen LogP contribution < -0.4 is 5.73 Å². The maximum Gasteiger partial charge on any atom is 0.231 e. The summed E-state index contributed by atoms with van der Waals surface area (Å²) in [6.45, 7) is 10.6. The normalized spacial score (nSPS) is 17.1. The highest BCUT2D eigenvalue weighted by Gasteiger charge is 2.27. The second-order valence-electron chi connectivity index (χ2n) is 4.72. The molecule has 5 nitrogen and oxygen atoms in total. The zero-order valence-electron chi connectivity index (χ0n) is 11.3. The van der Waals surface area contributed by atoms with Gasteiger partial charge in [-0.2, -0.15) is 4.98 Å². The fourth-order valence-corrected chi connectivity index (χ4v) is 1.99. The summed E-state index contributed by atoms with van der Waals surface area (Å²) in [5.41, 5.74) is 5.95. The summed E-state index contributed by atoms with van der Waals surface area (Å²) >= 11 is 0. The summed E-state index contributed by atoms with van der Waals surface area (Å²) in [7, 11) is 0. The molecule has 0 aliphatic rings. The average molecular weight is 241 g/mol. The fraction of sp³-hybridized carbons (Fsp3) is 0.833. The van der Waals surface area contributed by atoms with Gasteiger partial charge in [-0.3, -0.25) is 0 Å². The molecule has 1 aromatic rings. The number of ether oxygens (including phenoxy) is 1. The quantitative estimate of drug-likeness (QED) is 0.826. The summed E-state index contributed by atoms with van der Waals surface area (Å²) in [5, 5.41) is 3.95. The first-order valence-corrected chi connectivity index (χ1v) is 6.18. The second kappa shape index (κ2) is 6.12. The van der Waals surface area contributed by atoms with Gasteiger partial charge in [0.25, 0.3) is 0 Å². The van der Waals surface area contributed by atoms with Crippen LogP contribution in [0.2, 0.25) is 0 Å². The first kappa shape index (κ1) is 14.1. The van der Waals surface area contributed by atoms with Gasteiger partial charge in [-0.25, -0.2) is 0 Å². The highest BCUT2D eigenvalue weighted by molar-refractivity contribution is 5.00. The minimum absolute atomic E-state index is 0.00861. The van der Waals surface area contributed by atoms with Crippen LogP contribution in [0.5, 0.6) is 0 Å². The van der Waals surface area contributed by atoms with Crippen LogP contribution in [-0.2, 0) is 4.74 Å². The summed E-state index contributed by atoms with van der Waals surface area (Å²) < 4.78 is 10.7. The maximum atomic E-state index is 5.95. The van der Waals surface area contributed by atoms with E-state index in [1.54, 1.807) is 0 Å². The number of hydrogen-bond donors (Lipinski definition) is 1. The summed E-state index contributed by atoms with van der Waals surface area (Å²) in [6, 6.07) is -0.00861. The Morgan fingerprint density at radius 3 is 2.41 bits per heavy atom. The van der Waals surface area contributed by atoms with Crippen LogP contribution in [0.25, 0.3) is 0 Å². The average Bonchev–Trinajstić information content (AvgIpc) is 2.66. The maximum absolute atomic E-state index is 5.95. The van der Waals surface area contributed by atoms with Gasteiger partial charge in [0.05, 0.1) is 5.92 Å². The molecule has 5 heteroatoms. The van der Waals surface area contributed by atoms with Crippen molar-refractivity contribution in [2.24, 2.45) is 11.7 Å². The van der Waals surface area contributed by atoms with E-state index in [2.05, 4.69) is 24.0 Å². The predicted molar refractivity (Wildman–Crippen MR) is 65.6 cm³/mol. The van der Waals surface area contributed by atoms with E-state index >= 15 is 0 Å². The smallest absolute Gasteiger partial charge is 0.231 e. The Morgan fingerprint density at radius 2 is 1.94 bits per heavy atom. The molecule has 3 atom stereocenters. The molecule has 17 heavy (non-hydrogen) atoms. The van der Waals surface area contributed by atoms with E-state index in [0.717, 1.165) is 0 Å². The molecule has 1 heterocycles. The summed E-state index contributed by atoms with van der Waals surface area (Å²) in [4.78, 5) is 4.39. The van der Waals surface area contributed by atoms with Crippen molar-refractivity contribution in [2.45, 2.75) is 52.7 Å². The van der Waals surface area contributed by atoms with Crippen molar-refractivity contribution < 1.29 is 9.26 Å². The van der Waals surface area contributed by atoms with E-state index in [1.807, 2.05) is 20.8 Å². The number of aromatic nitrogens is 2. The second-order valence-corrected chi connectivity index (χ2v) is 4.72. The van der Waals surface area contributed by atoms with E-state index < -0.39 is 0 Å². The van der Waals surface area contributed by atoms with Crippen molar-refractivity contribution in [3.05, 3.63) is 11.7 Å². The highest BCUT2D eigenvalue weighted by atomic mass is 16.5. The van der Waals surface area contributed by atoms with Crippen LogP contribution in [0.1, 0.15) is 58.4 Å². The van der Waals surface area contributed by atoms with Gasteiger partial charge in [-0.15, -0.1) is 0 Å². The Bertz CT molecular complexity index is 328. The lowest BCUT2D eigenvalue weighted by molar-refractivity contribution is 0.0683. The highest BCUT2D eigenvalue weighted by Crippen LogP contribution is 2.26. The minimum atomic E-state index is -0.140. The molecule has 0 saturated carbocycles. The van der Waals surface area contributed by atoms with Gasteiger partial charge in [0, 0.05) is 12.6 Å². The summed E-state index contributed by atoms with van der Waals surface area (Å²) in [5.74, 6) is 1.65. The van der Waals surface area contributed by atoms with E-state index in [1.165, 1.54) is 0 Å². The zero-order valence-corrected chi connectivity index (χ0v) is 11.3. The molecule has 0 radical (unpaired) electrons. The zero-order chi connectivity index (χ0) is 13.0. The number of nitrogens with zero attached hydrogens (tertiary/aromatic N) is 2. The summed E-state index contributed by atoms with van der Waals surface area (Å²) in [6.07, 6.45) is -0.140. The molecule has 2 N–H and O–H groups in total. The molecule has 0 spiro atoms. The topological polar surface area (TPSA) is 74.2 Å². The Kier molecular flexibility index (Phi) is 5.08. The molecule has 0 bridgehead atoms. The third kappa shape index (κ3) is 3.51. The van der Waals surface area contributed by atoms with Crippen molar-refractivity contribution >= 4 is 0 Å². The number of hydrogen-bond acceptors (Lipinski definition) is 5. The van der Waals surface area contributed by atoms with Crippen LogP contribution in [-0.4, -0.2) is 22.8 Å². The molecule has 0 aliphatic heterocycles. The third-order valence-electron chi connectivity index (χ3n) is 2.81. The lowest BCUT2D eigenvalue weighted by atomic mass is 9.90. The van der Waals surface area contributed by atoms with Crippen LogP contribution in [0.15, 0.2) is 4.52 Å². The third-order valence-corrected chi connectivity index (χ3v) is 2.81. The lowest BCUT2D eigenvalue weighted by Gasteiger charge is -2.20. The standard InChI is InChI=1S/C12H23N3O2/c1-6-16-9(5)11-14-12(17-15-11)10(7(2)3)8(4)13/h7-10H,6,13H2,1-5H3. The molecular formula is C12H23N3O2. The molecule has 0 amide bonds. The van der Waals surface area contributed by atoms with E-state index in [9.17, 15) is 0 Å². The number of rotatable bonds is 6. The molecule has 0 saturated heterocycles. The molecule has 1 aromatic heterocycles. The van der Waals surface area contributed by atoms with Gasteiger partial charge >= 0.3 is 0 Å². The molecule has 0 fully saturated rings. The minimum Gasteiger partial charge on any atom is -0.371 e. The Hall–Kier alpha value is -0.940. The monoisotopic (exact) mass is 241 g/mol. The SMILES string of the molecule is CCOC(C)c1noc(C(C(C)C)C(C)N)n1. The van der Waals surface area contributed by atoms with Crippen LogP contribution >= 0.6 is 0 Å². The first-order chi connectivity index (χ1) is 7.97. The van der Waals surface area contributed by atoms with E-state index in [4.69, 9.17) is 15.0 Å². The van der Waals surface area contributed by atoms with Gasteiger partial charge < -0.3 is 15.0 Å². The fourth-order valence-electron chi connectivity index (χ4n) is 1.99. The Balaban J connectivity index is 2.85. The largest absolute Gasteiger partial charge is 0.371 e. The molecule has 3 unspecified atom stereocenters. The first-order valence-electron chi connectivity index (χ1n) is 6.18. The molecule has 98 valence electrons. The van der Waals surface area contributed by atoms with Crippen molar-refractivity contribution in [3.63, 3.8) is 0 Å². The molecular weight excluding hydrogens is 218 g/mol. The number of nitrogens with two attached hydrogens (primary N) is 1. The predicted octanol–water partition coefficient (Wildman–Crippen LogP) is 2.25. The van der Waals surface area contributed by atoms with Gasteiger partial charge in [0.2, 0.25) is 5.89 Å². The van der Waals surface area contributed by atoms with Gasteiger partial charge in [-0.1, -0.05) is 19.0 Å². The molecule has 0 aromatic carbocycles. The Labute approximate surface area is 103 Å². The molecule has 0 aliphatic carbocycles. The van der Waals surface area contributed by atoms with E-state index in [0.29, 0.717) is 24.2 Å². The van der Waals surface area contributed by atoms with Crippen molar-refractivity contribution in [1.82, 2.24) is 10.1 Å². The van der Waals surface area contributed by atoms with Crippen LogP contribution in [0.3, 0.4) is 0 Å². The van der Waals surface area contributed by atoms with Crippen LogP contribution in [0.4, 0.5) is 0 Å². The van der Waals surface area contributed by atoms with Gasteiger partial charge in [0.1, 0.15) is 6.10 Å². The van der Waals surface area contributed by atoms with Crippen molar-refractivity contribution in [1.29, 1.82) is 0 Å². The van der Waals surface area contributed by atoms with Crippen molar-refractivity contribution in [2.75, 3.05) is 6.61 Å². The van der Waals surface area contributed by atoms with Gasteiger partial charge in [0.15, 0.2) is 5.82 Å². The van der Waals surface area contributed by atoms with Gasteiger partial charge in [-0.05, 0) is 26.7 Å². The van der Waals surface area contributed by atoms with E-state index in [-0.39, 0.29) is 18.1 Å². The van der Waals surface area contributed by atoms with Crippen LogP contribution in [0, 0.1) is 5.92 Å². The lowest BCUT2D eigenvalue weighted by Crippen LogP contribution is -2.28. The Morgan fingerprint density at radius 1 is 1.29 bits per heavy atom.